The zero-order valence-corrected chi connectivity index (χ0v) is 29.3. The zero-order chi connectivity index (χ0) is 34.1. The maximum Gasteiger partial charge on any atom is 0.124 e. The van der Waals surface area contributed by atoms with E-state index in [0.29, 0.717) is 0 Å². The molecule has 0 unspecified atom stereocenters. The van der Waals surface area contributed by atoms with Gasteiger partial charge in [-0.2, -0.15) is 0 Å². The number of pyridine rings is 1. The van der Waals surface area contributed by atoms with Gasteiger partial charge in [-0.1, -0.05) is 135 Å². The number of hydrogen-bond acceptors (Lipinski definition) is 3. The van der Waals surface area contributed by atoms with Crippen LogP contribution >= 0.6 is 11.3 Å². The van der Waals surface area contributed by atoms with E-state index in [1.165, 1.54) is 70.8 Å². The monoisotopic (exact) mass is 670 g/mol. The topological polar surface area (TPSA) is 16.1 Å². The molecular weight excluding hydrogens is 637 g/mol. The normalized spacial score (nSPS) is 13.1. The molecule has 2 nitrogen and oxygen atoms in total. The lowest BCUT2D eigenvalue weighted by molar-refractivity contribution is 0.660. The second kappa shape index (κ2) is 11.5. The summed E-state index contributed by atoms with van der Waals surface area (Å²) >= 11 is 1.77. The van der Waals surface area contributed by atoms with Crippen molar-refractivity contribution in [3.05, 3.63) is 181 Å². The fourth-order valence-corrected chi connectivity index (χ4v) is 9.14. The Labute approximate surface area is 301 Å². The third-order valence-corrected chi connectivity index (χ3v) is 11.8. The smallest absolute Gasteiger partial charge is 0.124 e. The third kappa shape index (κ3) is 4.80. The molecule has 0 radical (unpaired) electrons. The number of hydrogen-bond donors (Lipinski definition) is 0. The molecule has 1 aliphatic rings. The van der Waals surface area contributed by atoms with Crippen molar-refractivity contribution in [2.24, 2.45) is 0 Å². The van der Waals surface area contributed by atoms with Gasteiger partial charge in [-0.15, -0.1) is 11.3 Å². The Balaban J connectivity index is 1.24. The van der Waals surface area contributed by atoms with Gasteiger partial charge in [-0.3, -0.25) is 0 Å². The lowest BCUT2D eigenvalue weighted by atomic mass is 9.81. The van der Waals surface area contributed by atoms with Crippen LogP contribution in [0.1, 0.15) is 25.0 Å². The molecule has 0 spiro atoms. The van der Waals surface area contributed by atoms with Crippen LogP contribution in [0.2, 0.25) is 0 Å². The molecule has 0 fully saturated rings. The van der Waals surface area contributed by atoms with Crippen molar-refractivity contribution in [1.29, 1.82) is 0 Å². The van der Waals surface area contributed by atoms with E-state index in [9.17, 15) is 0 Å². The summed E-state index contributed by atoms with van der Waals surface area (Å²) in [7, 11) is 0. The molecule has 0 bridgehead atoms. The summed E-state index contributed by atoms with van der Waals surface area (Å²) in [6, 6.07) is 59.8. The van der Waals surface area contributed by atoms with Gasteiger partial charge in [-0.25, -0.2) is 4.98 Å². The van der Waals surface area contributed by atoms with E-state index in [-0.39, 0.29) is 5.41 Å². The number of benzene rings is 7. The van der Waals surface area contributed by atoms with Gasteiger partial charge >= 0.3 is 0 Å². The number of rotatable bonds is 5. The summed E-state index contributed by atoms with van der Waals surface area (Å²) in [5, 5.41) is 4.93. The van der Waals surface area contributed by atoms with Crippen LogP contribution in [0.4, 0.5) is 17.1 Å². The molecule has 0 amide bonds. The van der Waals surface area contributed by atoms with E-state index in [4.69, 9.17) is 4.98 Å². The third-order valence-electron chi connectivity index (χ3n) is 10.7. The molecule has 0 saturated heterocycles. The molecule has 0 aliphatic heterocycles. The molecule has 10 rings (SSSR count). The van der Waals surface area contributed by atoms with Crippen LogP contribution in [0, 0.1) is 0 Å². The van der Waals surface area contributed by atoms with E-state index < -0.39 is 0 Å². The maximum atomic E-state index is 5.16. The van der Waals surface area contributed by atoms with E-state index in [1.807, 2.05) is 0 Å². The molecule has 0 atom stereocenters. The fraction of sp³-hybridized carbons (Fsp3) is 0.0625. The van der Waals surface area contributed by atoms with Gasteiger partial charge in [0.15, 0.2) is 0 Å². The average molecular weight is 671 g/mol. The zero-order valence-electron chi connectivity index (χ0n) is 28.5. The predicted molar refractivity (Wildman–Crippen MR) is 218 cm³/mol. The Kier molecular flexibility index (Phi) is 6.74. The van der Waals surface area contributed by atoms with Gasteiger partial charge in [0.25, 0.3) is 0 Å². The largest absolute Gasteiger partial charge is 0.308 e. The lowest BCUT2D eigenvalue weighted by Crippen LogP contribution is -2.17. The summed E-state index contributed by atoms with van der Waals surface area (Å²) in [6.07, 6.45) is 2.06. The number of thiophene rings is 1. The molecule has 0 N–H and O–H groups in total. The minimum absolute atomic E-state index is 0.147. The minimum Gasteiger partial charge on any atom is -0.308 e. The SMILES string of the molecule is CC1(C)c2ccccc2-c2cc(-c3ccccc3)c(N(c3ccc(-c4ccccc4)cc3)c3cnc4sc5cc6ccccc6cc5c4c3)cc21. The molecule has 3 heteroatoms. The molecule has 2 aromatic heterocycles. The molecule has 9 aromatic rings. The Morgan fingerprint density at radius 3 is 1.90 bits per heavy atom. The van der Waals surface area contributed by atoms with Crippen molar-refractivity contribution in [1.82, 2.24) is 4.98 Å². The molecule has 2 heterocycles. The van der Waals surface area contributed by atoms with Crippen LogP contribution in [0.25, 0.3) is 64.5 Å². The van der Waals surface area contributed by atoms with Crippen molar-refractivity contribution in [3.8, 4) is 33.4 Å². The first kappa shape index (κ1) is 29.8. The van der Waals surface area contributed by atoms with Crippen molar-refractivity contribution in [2.75, 3.05) is 4.90 Å². The van der Waals surface area contributed by atoms with Gasteiger partial charge in [0, 0.05) is 32.1 Å². The van der Waals surface area contributed by atoms with E-state index in [1.54, 1.807) is 11.3 Å². The van der Waals surface area contributed by atoms with Gasteiger partial charge in [0.1, 0.15) is 4.83 Å². The van der Waals surface area contributed by atoms with Crippen molar-refractivity contribution >= 4 is 59.5 Å². The summed E-state index contributed by atoms with van der Waals surface area (Å²) in [6.45, 7) is 4.72. The highest BCUT2D eigenvalue weighted by molar-refractivity contribution is 7.25. The summed E-state index contributed by atoms with van der Waals surface area (Å²) in [5.41, 5.74) is 13.2. The fourth-order valence-electron chi connectivity index (χ4n) is 8.09. The summed E-state index contributed by atoms with van der Waals surface area (Å²) < 4.78 is 1.26. The molecule has 7 aromatic carbocycles. The second-order valence-corrected chi connectivity index (χ2v) is 15.1. The predicted octanol–water partition coefficient (Wildman–Crippen LogP) is 13.7. The van der Waals surface area contributed by atoms with Crippen LogP contribution in [0.5, 0.6) is 0 Å². The number of aromatic nitrogens is 1. The van der Waals surface area contributed by atoms with Gasteiger partial charge in [0.05, 0.1) is 17.6 Å². The van der Waals surface area contributed by atoms with Gasteiger partial charge in [-0.05, 0) is 92.2 Å². The van der Waals surface area contributed by atoms with Crippen molar-refractivity contribution in [2.45, 2.75) is 19.3 Å². The highest BCUT2D eigenvalue weighted by atomic mass is 32.1. The van der Waals surface area contributed by atoms with Crippen molar-refractivity contribution in [3.63, 3.8) is 0 Å². The van der Waals surface area contributed by atoms with E-state index >= 15 is 0 Å². The van der Waals surface area contributed by atoms with Crippen LogP contribution in [-0.4, -0.2) is 4.98 Å². The number of anilines is 3. The first-order valence-corrected chi connectivity index (χ1v) is 18.4. The van der Waals surface area contributed by atoms with Gasteiger partial charge in [0.2, 0.25) is 0 Å². The lowest BCUT2D eigenvalue weighted by Gasteiger charge is -2.30. The average Bonchev–Trinajstić information content (AvgIpc) is 3.65. The molecule has 242 valence electrons. The first-order valence-electron chi connectivity index (χ1n) is 17.5. The molecular formula is C48H34N2S. The number of fused-ring (bicyclic) bond motifs is 7. The van der Waals surface area contributed by atoms with E-state index in [0.717, 1.165) is 21.9 Å². The van der Waals surface area contributed by atoms with Crippen LogP contribution in [0.3, 0.4) is 0 Å². The quantitative estimate of drug-likeness (QED) is 0.181. The highest BCUT2D eigenvalue weighted by Gasteiger charge is 2.37. The standard InChI is InChI=1S/C48H34N2S/c1-48(2)43-20-12-11-19-38(43)40-28-39(33-15-7-4-8-16-33)45(29-44(40)48)50(36-23-21-32(22-24-36)31-13-5-3-6-14-31)37-27-42-41-25-34-17-9-10-18-35(34)26-46(41)51-47(42)49-30-37/h3-30H,1-2H3. The Bertz CT molecular complexity index is 2760. The Morgan fingerprint density at radius 2 is 1.14 bits per heavy atom. The number of nitrogens with zero attached hydrogens (tertiary/aromatic N) is 2. The van der Waals surface area contributed by atoms with Gasteiger partial charge < -0.3 is 4.90 Å². The van der Waals surface area contributed by atoms with Crippen LogP contribution < -0.4 is 4.90 Å². The first-order chi connectivity index (χ1) is 25.0. The van der Waals surface area contributed by atoms with Crippen LogP contribution in [0.15, 0.2) is 170 Å². The Hall–Kier alpha value is -6.03. The minimum atomic E-state index is -0.147. The molecule has 51 heavy (non-hydrogen) atoms. The maximum absolute atomic E-state index is 5.16. The molecule has 0 saturated carbocycles. The second-order valence-electron chi connectivity index (χ2n) is 14.0. The summed E-state index contributed by atoms with van der Waals surface area (Å²) in [5.74, 6) is 0. The molecule has 1 aliphatic carbocycles. The van der Waals surface area contributed by atoms with Crippen LogP contribution in [-0.2, 0) is 5.41 Å². The highest BCUT2D eigenvalue weighted by Crippen LogP contribution is 2.53. The summed E-state index contributed by atoms with van der Waals surface area (Å²) in [4.78, 5) is 8.64. The van der Waals surface area contributed by atoms with E-state index in [2.05, 4.69) is 189 Å². The Morgan fingerprint density at radius 1 is 0.490 bits per heavy atom. The van der Waals surface area contributed by atoms with Crippen molar-refractivity contribution < 1.29 is 0 Å².